The summed E-state index contributed by atoms with van der Waals surface area (Å²) in [6.45, 7) is 5.04. The maximum absolute atomic E-state index is 11.7. The molecule has 0 radical (unpaired) electrons. The average molecular weight is 213 g/mol. The monoisotopic (exact) mass is 213 g/mol. The number of hydrogen-bond donors (Lipinski definition) is 0. The van der Waals surface area contributed by atoms with Gasteiger partial charge in [-0.05, 0) is 26.7 Å². The van der Waals surface area contributed by atoms with Crippen LogP contribution in [0.4, 0.5) is 0 Å². The van der Waals surface area contributed by atoms with Crippen molar-refractivity contribution in [1.29, 1.82) is 0 Å². The molecule has 0 saturated carbocycles. The molecule has 15 heavy (non-hydrogen) atoms. The van der Waals surface area contributed by atoms with Gasteiger partial charge >= 0.3 is 5.97 Å². The third-order valence-electron chi connectivity index (χ3n) is 2.72. The molecule has 4 heteroatoms. The first-order valence-electron chi connectivity index (χ1n) is 5.60. The molecule has 1 saturated heterocycles. The van der Waals surface area contributed by atoms with Crippen LogP contribution in [0.1, 0.15) is 39.5 Å². The Morgan fingerprint density at radius 2 is 2.13 bits per heavy atom. The number of carbonyl (C=O) groups excluding carboxylic acids is 2. The molecule has 0 aromatic heterocycles. The second kappa shape index (κ2) is 5.73. The lowest BCUT2D eigenvalue weighted by Gasteiger charge is -2.21. The molecule has 0 aromatic rings. The molecule has 1 unspecified atom stereocenters. The fraction of sp³-hybridized carbons (Fsp3) is 0.818. The van der Waals surface area contributed by atoms with Crippen LogP contribution in [0.15, 0.2) is 0 Å². The second-order valence-corrected chi connectivity index (χ2v) is 3.88. The zero-order valence-electron chi connectivity index (χ0n) is 9.49. The number of esters is 1. The number of nitrogens with zero attached hydrogens (tertiary/aromatic N) is 1. The van der Waals surface area contributed by atoms with Gasteiger partial charge in [0.05, 0.1) is 13.0 Å². The standard InChI is InChI=1S/C11H19NO3/c1-3-15-11(14)7-6-10(13)12-8-4-5-9(12)2/h9H,3-8H2,1-2H3. The summed E-state index contributed by atoms with van der Waals surface area (Å²) in [7, 11) is 0. The molecule has 0 bridgehead atoms. The van der Waals surface area contributed by atoms with Gasteiger partial charge in [0.15, 0.2) is 0 Å². The summed E-state index contributed by atoms with van der Waals surface area (Å²) >= 11 is 0. The first-order valence-corrected chi connectivity index (χ1v) is 5.60. The summed E-state index contributed by atoms with van der Waals surface area (Å²) < 4.78 is 4.77. The predicted octanol–water partition coefficient (Wildman–Crippen LogP) is 1.34. The van der Waals surface area contributed by atoms with Crippen molar-refractivity contribution in [3.8, 4) is 0 Å². The van der Waals surface area contributed by atoms with Gasteiger partial charge in [0.2, 0.25) is 5.91 Å². The molecule has 1 heterocycles. The molecule has 0 N–H and O–H groups in total. The van der Waals surface area contributed by atoms with E-state index in [2.05, 4.69) is 6.92 Å². The van der Waals surface area contributed by atoms with Crippen LogP contribution in [0.25, 0.3) is 0 Å². The number of rotatable bonds is 4. The third kappa shape index (κ3) is 3.53. The second-order valence-electron chi connectivity index (χ2n) is 3.88. The van der Waals surface area contributed by atoms with Crippen molar-refractivity contribution in [2.75, 3.05) is 13.2 Å². The summed E-state index contributed by atoms with van der Waals surface area (Å²) in [5, 5.41) is 0. The molecule has 1 rings (SSSR count). The summed E-state index contributed by atoms with van der Waals surface area (Å²) in [6, 6.07) is 0.333. The maximum atomic E-state index is 11.7. The zero-order valence-corrected chi connectivity index (χ0v) is 9.49. The highest BCUT2D eigenvalue weighted by Gasteiger charge is 2.24. The Balaban J connectivity index is 2.26. The maximum Gasteiger partial charge on any atom is 0.306 e. The molecule has 1 aliphatic rings. The molecule has 1 aliphatic heterocycles. The smallest absolute Gasteiger partial charge is 0.306 e. The van der Waals surface area contributed by atoms with Gasteiger partial charge in [0.1, 0.15) is 0 Å². The normalized spacial score (nSPS) is 20.4. The zero-order chi connectivity index (χ0) is 11.3. The third-order valence-corrected chi connectivity index (χ3v) is 2.72. The Hall–Kier alpha value is -1.06. The van der Waals surface area contributed by atoms with E-state index in [-0.39, 0.29) is 24.7 Å². The van der Waals surface area contributed by atoms with Crippen molar-refractivity contribution in [2.45, 2.75) is 45.6 Å². The summed E-state index contributed by atoms with van der Waals surface area (Å²) in [4.78, 5) is 24.6. The predicted molar refractivity (Wildman–Crippen MR) is 56.3 cm³/mol. The number of hydrogen-bond acceptors (Lipinski definition) is 3. The molecular formula is C11H19NO3. The number of carbonyl (C=O) groups is 2. The van der Waals surface area contributed by atoms with Crippen LogP contribution < -0.4 is 0 Å². The van der Waals surface area contributed by atoms with Crippen LogP contribution in [0.2, 0.25) is 0 Å². The Morgan fingerprint density at radius 1 is 1.40 bits per heavy atom. The lowest BCUT2D eigenvalue weighted by molar-refractivity contribution is -0.145. The van der Waals surface area contributed by atoms with Gasteiger partial charge in [0.25, 0.3) is 0 Å². The van der Waals surface area contributed by atoms with Crippen molar-refractivity contribution in [3.05, 3.63) is 0 Å². The van der Waals surface area contributed by atoms with E-state index in [0.29, 0.717) is 12.6 Å². The molecule has 0 spiro atoms. The highest BCUT2D eigenvalue weighted by Crippen LogP contribution is 2.17. The van der Waals surface area contributed by atoms with Crippen molar-refractivity contribution >= 4 is 11.9 Å². The molecule has 1 atom stereocenters. The lowest BCUT2D eigenvalue weighted by Crippen LogP contribution is -2.33. The summed E-state index contributed by atoms with van der Waals surface area (Å²) in [5.74, 6) is -0.203. The fourth-order valence-electron chi connectivity index (χ4n) is 1.89. The van der Waals surface area contributed by atoms with Crippen LogP contribution in [0.5, 0.6) is 0 Å². The van der Waals surface area contributed by atoms with Crippen molar-refractivity contribution in [3.63, 3.8) is 0 Å². The van der Waals surface area contributed by atoms with Crippen LogP contribution in [0, 0.1) is 0 Å². The van der Waals surface area contributed by atoms with E-state index in [0.717, 1.165) is 19.4 Å². The molecule has 1 fully saturated rings. The number of ether oxygens (including phenoxy) is 1. The highest BCUT2D eigenvalue weighted by molar-refractivity contribution is 5.81. The van der Waals surface area contributed by atoms with Gasteiger partial charge in [-0.15, -0.1) is 0 Å². The number of amides is 1. The van der Waals surface area contributed by atoms with Gasteiger partial charge < -0.3 is 9.64 Å². The van der Waals surface area contributed by atoms with Crippen LogP contribution >= 0.6 is 0 Å². The van der Waals surface area contributed by atoms with Crippen molar-refractivity contribution in [2.24, 2.45) is 0 Å². The van der Waals surface area contributed by atoms with E-state index in [1.54, 1.807) is 6.92 Å². The molecule has 0 aromatic carbocycles. The van der Waals surface area contributed by atoms with Gasteiger partial charge in [-0.2, -0.15) is 0 Å². The molecular weight excluding hydrogens is 194 g/mol. The Kier molecular flexibility index (Phi) is 4.59. The van der Waals surface area contributed by atoms with Crippen LogP contribution in [0.3, 0.4) is 0 Å². The Labute approximate surface area is 90.6 Å². The van der Waals surface area contributed by atoms with E-state index in [9.17, 15) is 9.59 Å². The highest BCUT2D eigenvalue weighted by atomic mass is 16.5. The molecule has 1 amide bonds. The first kappa shape index (κ1) is 12.0. The summed E-state index contributed by atoms with van der Waals surface area (Å²) in [6.07, 6.45) is 2.64. The number of likely N-dealkylation sites (tertiary alicyclic amines) is 1. The minimum atomic E-state index is -0.280. The largest absolute Gasteiger partial charge is 0.466 e. The van der Waals surface area contributed by atoms with Crippen LogP contribution in [-0.4, -0.2) is 36.0 Å². The van der Waals surface area contributed by atoms with Gasteiger partial charge in [-0.3, -0.25) is 9.59 Å². The van der Waals surface area contributed by atoms with E-state index >= 15 is 0 Å². The quantitative estimate of drug-likeness (QED) is 0.662. The van der Waals surface area contributed by atoms with Crippen LogP contribution in [-0.2, 0) is 14.3 Å². The van der Waals surface area contributed by atoms with E-state index in [4.69, 9.17) is 4.74 Å². The van der Waals surface area contributed by atoms with Gasteiger partial charge in [-0.1, -0.05) is 0 Å². The topological polar surface area (TPSA) is 46.6 Å². The van der Waals surface area contributed by atoms with Crippen molar-refractivity contribution in [1.82, 2.24) is 4.90 Å². The summed E-state index contributed by atoms with van der Waals surface area (Å²) in [5.41, 5.74) is 0. The van der Waals surface area contributed by atoms with Crippen molar-refractivity contribution < 1.29 is 14.3 Å². The molecule has 0 aliphatic carbocycles. The first-order chi connectivity index (χ1) is 7.15. The van der Waals surface area contributed by atoms with Gasteiger partial charge in [-0.25, -0.2) is 0 Å². The van der Waals surface area contributed by atoms with E-state index in [1.165, 1.54) is 0 Å². The van der Waals surface area contributed by atoms with E-state index in [1.807, 2.05) is 4.90 Å². The average Bonchev–Trinajstić information content (AvgIpc) is 2.61. The van der Waals surface area contributed by atoms with Gasteiger partial charge in [0, 0.05) is 19.0 Å². The lowest BCUT2D eigenvalue weighted by atomic mass is 10.2. The SMILES string of the molecule is CCOC(=O)CCC(=O)N1CCCC1C. The molecule has 4 nitrogen and oxygen atoms in total. The Morgan fingerprint density at radius 3 is 2.67 bits per heavy atom. The minimum absolute atomic E-state index is 0.0769. The minimum Gasteiger partial charge on any atom is -0.466 e. The fourth-order valence-corrected chi connectivity index (χ4v) is 1.89. The Bertz CT molecular complexity index is 240. The van der Waals surface area contributed by atoms with E-state index < -0.39 is 0 Å². The molecule has 86 valence electrons.